The number of oxime groups is 1. The highest BCUT2D eigenvalue weighted by Crippen LogP contribution is 2.49. The summed E-state index contributed by atoms with van der Waals surface area (Å²) in [6.45, 7) is 8.43. The van der Waals surface area contributed by atoms with Crippen molar-refractivity contribution in [3.05, 3.63) is 53.3 Å². The molecule has 3 fully saturated rings. The molecule has 0 amide bonds. The molecule has 1 saturated carbocycles. The lowest BCUT2D eigenvalue weighted by Gasteiger charge is -2.46. The third kappa shape index (κ3) is 5.06. The van der Waals surface area contributed by atoms with E-state index in [9.17, 15) is 14.3 Å². The van der Waals surface area contributed by atoms with Gasteiger partial charge < -0.3 is 19.6 Å². The molecule has 7 nitrogen and oxygen atoms in total. The van der Waals surface area contributed by atoms with Crippen LogP contribution in [0.15, 0.2) is 41.6 Å². The molecule has 2 aromatic rings. The number of piperidine rings is 1. The Morgan fingerprint density at radius 1 is 1.18 bits per heavy atom. The zero-order chi connectivity index (χ0) is 27.9. The van der Waals surface area contributed by atoms with E-state index in [1.165, 1.54) is 17.2 Å². The molecule has 0 atom stereocenters. The predicted octanol–water partition coefficient (Wildman–Crippen LogP) is 6.02. The van der Waals surface area contributed by atoms with Crippen molar-refractivity contribution in [2.24, 2.45) is 10.6 Å². The average molecular weight is 550 g/mol. The van der Waals surface area contributed by atoms with Gasteiger partial charge in [0, 0.05) is 43.9 Å². The summed E-state index contributed by atoms with van der Waals surface area (Å²) in [5.41, 5.74) is 3.00. The molecule has 2 saturated heterocycles. The van der Waals surface area contributed by atoms with E-state index in [-0.39, 0.29) is 11.4 Å². The zero-order valence-electron chi connectivity index (χ0n) is 23.6. The molecule has 3 heterocycles. The summed E-state index contributed by atoms with van der Waals surface area (Å²) in [7, 11) is 0. The number of benzene rings is 2. The first-order valence-corrected chi connectivity index (χ1v) is 14.9. The number of carboxylic acids is 1. The third-order valence-corrected chi connectivity index (χ3v) is 9.29. The third-order valence-electron chi connectivity index (χ3n) is 9.29. The topological polar surface area (TPSA) is 74.6 Å². The van der Waals surface area contributed by atoms with E-state index in [1.807, 2.05) is 19.1 Å². The van der Waals surface area contributed by atoms with Crippen LogP contribution in [-0.2, 0) is 16.2 Å². The molecule has 6 rings (SSSR count). The maximum absolute atomic E-state index is 14.9. The van der Waals surface area contributed by atoms with Crippen molar-refractivity contribution in [3.8, 4) is 16.9 Å². The highest BCUT2D eigenvalue weighted by Gasteiger charge is 2.51. The monoisotopic (exact) mass is 549 g/mol. The number of aliphatic carboxylic acids is 1. The van der Waals surface area contributed by atoms with Crippen LogP contribution in [0.3, 0.4) is 0 Å². The normalized spacial score (nSPS) is 21.6. The highest BCUT2D eigenvalue weighted by atomic mass is 19.1. The molecule has 1 aliphatic carbocycles. The van der Waals surface area contributed by atoms with Gasteiger partial charge in [-0.15, -0.1) is 0 Å². The largest absolute Gasteiger partial charge is 0.493 e. The Bertz CT molecular complexity index is 1290. The second kappa shape index (κ2) is 10.7. The first kappa shape index (κ1) is 27.1. The van der Waals surface area contributed by atoms with Gasteiger partial charge in [0.05, 0.1) is 18.4 Å². The summed E-state index contributed by atoms with van der Waals surface area (Å²) in [5, 5.41) is 14.2. The van der Waals surface area contributed by atoms with Crippen molar-refractivity contribution in [2.45, 2.75) is 76.9 Å². The fraction of sp³-hybridized carbons (Fsp3) is 0.562. The van der Waals surface area contributed by atoms with Crippen LogP contribution in [0.5, 0.6) is 5.75 Å². The Kier molecular flexibility index (Phi) is 7.23. The summed E-state index contributed by atoms with van der Waals surface area (Å²) >= 11 is 0. The number of likely N-dealkylation sites (tertiary alicyclic amines) is 2. The molecular weight excluding hydrogens is 509 g/mol. The number of carboxylic acid groups (broad SMARTS) is 1. The van der Waals surface area contributed by atoms with Gasteiger partial charge in [0.1, 0.15) is 17.4 Å². The second-order valence-corrected chi connectivity index (χ2v) is 12.2. The van der Waals surface area contributed by atoms with Crippen LogP contribution in [0.1, 0.15) is 75.8 Å². The van der Waals surface area contributed by atoms with Gasteiger partial charge in [-0.3, -0.25) is 9.69 Å². The van der Waals surface area contributed by atoms with Crippen LogP contribution in [0, 0.1) is 11.2 Å². The number of rotatable bonds is 9. The molecule has 8 heteroatoms. The number of hydrogen-bond donors (Lipinski definition) is 1. The van der Waals surface area contributed by atoms with Crippen LogP contribution < -0.4 is 4.74 Å². The fourth-order valence-corrected chi connectivity index (χ4v) is 6.67. The lowest BCUT2D eigenvalue weighted by Crippen LogP contribution is -2.61. The predicted molar refractivity (Wildman–Crippen MR) is 152 cm³/mol. The molecule has 3 aliphatic heterocycles. The quantitative estimate of drug-likeness (QED) is 0.412. The van der Waals surface area contributed by atoms with Crippen molar-refractivity contribution in [3.63, 3.8) is 0 Å². The minimum absolute atomic E-state index is 0.214. The second-order valence-electron chi connectivity index (χ2n) is 12.2. The van der Waals surface area contributed by atoms with Gasteiger partial charge in [-0.2, -0.15) is 0 Å². The van der Waals surface area contributed by atoms with E-state index >= 15 is 0 Å². The lowest BCUT2D eigenvalue weighted by molar-refractivity contribution is -0.151. The Morgan fingerprint density at radius 3 is 2.58 bits per heavy atom. The van der Waals surface area contributed by atoms with E-state index in [2.05, 4.69) is 34.0 Å². The number of amidine groups is 1. The van der Waals surface area contributed by atoms with Gasteiger partial charge in [0.2, 0.25) is 0 Å². The number of nitrogens with zero attached hydrogens (tertiary/aromatic N) is 3. The van der Waals surface area contributed by atoms with Crippen molar-refractivity contribution in [1.29, 1.82) is 0 Å². The summed E-state index contributed by atoms with van der Waals surface area (Å²) in [6, 6.07) is 11.4. The first-order chi connectivity index (χ1) is 19.4. The average Bonchev–Trinajstić information content (AvgIpc) is 3.70. The van der Waals surface area contributed by atoms with E-state index in [0.29, 0.717) is 50.4 Å². The van der Waals surface area contributed by atoms with Crippen molar-refractivity contribution in [2.75, 3.05) is 32.8 Å². The van der Waals surface area contributed by atoms with Crippen LogP contribution in [0.2, 0.25) is 0 Å². The first-order valence-electron chi connectivity index (χ1n) is 14.9. The number of ether oxygens (including phenoxy) is 1. The molecule has 2 aromatic carbocycles. The van der Waals surface area contributed by atoms with Crippen molar-refractivity contribution in [1.82, 2.24) is 9.80 Å². The molecule has 0 bridgehead atoms. The van der Waals surface area contributed by atoms with Crippen LogP contribution in [0.4, 0.5) is 4.39 Å². The summed E-state index contributed by atoms with van der Waals surface area (Å²) < 4.78 is 21.2. The van der Waals surface area contributed by atoms with Gasteiger partial charge in [-0.1, -0.05) is 43.3 Å². The molecule has 214 valence electrons. The van der Waals surface area contributed by atoms with E-state index < -0.39 is 11.4 Å². The number of halogens is 1. The van der Waals surface area contributed by atoms with Gasteiger partial charge >= 0.3 is 5.97 Å². The lowest BCUT2D eigenvalue weighted by atomic mass is 9.76. The standard InChI is InChI=1S/C32H40FN3O4/c1-3-15-39-27-17-22(16-25(23-9-10-23)29(27)24-7-5-6-8-26(24)33)19-35-20-32(21-35)18-28(34-40-32)36-13-11-31(4-2,12-14-36)30(37)38/h5-8,16-17,23H,3-4,9-15,18-21H2,1-2H3,(H,37,38). The molecule has 0 unspecified atom stereocenters. The molecule has 0 aromatic heterocycles. The van der Waals surface area contributed by atoms with Gasteiger partial charge in [0.25, 0.3) is 0 Å². The Labute approximate surface area is 235 Å². The van der Waals surface area contributed by atoms with Crippen molar-refractivity contribution < 1.29 is 23.9 Å². The summed E-state index contributed by atoms with van der Waals surface area (Å²) in [5.74, 6) is 1.29. The van der Waals surface area contributed by atoms with E-state index in [1.54, 1.807) is 6.07 Å². The maximum Gasteiger partial charge on any atom is 0.309 e. The van der Waals surface area contributed by atoms with Gasteiger partial charge in [-0.25, -0.2) is 4.39 Å². The van der Waals surface area contributed by atoms with E-state index in [4.69, 9.17) is 9.57 Å². The molecule has 1 spiro atoms. The van der Waals surface area contributed by atoms with Crippen LogP contribution in [0.25, 0.3) is 11.1 Å². The SMILES string of the molecule is CCCOc1cc(CN2CC3(CC(N4CCC(CC)(C(=O)O)CC4)=NO3)C2)cc(C2CC2)c1-c1ccccc1F. The van der Waals surface area contributed by atoms with Crippen molar-refractivity contribution >= 4 is 11.8 Å². The minimum Gasteiger partial charge on any atom is -0.493 e. The molecule has 1 N–H and O–H groups in total. The zero-order valence-corrected chi connectivity index (χ0v) is 23.6. The number of hydrogen-bond acceptors (Lipinski definition) is 6. The van der Waals surface area contributed by atoms with Gasteiger partial charge in [0.15, 0.2) is 5.60 Å². The summed E-state index contributed by atoms with van der Waals surface area (Å²) in [4.78, 5) is 22.4. The van der Waals surface area contributed by atoms with E-state index in [0.717, 1.165) is 62.5 Å². The smallest absolute Gasteiger partial charge is 0.309 e. The Morgan fingerprint density at radius 2 is 1.93 bits per heavy atom. The van der Waals surface area contributed by atoms with Crippen LogP contribution >= 0.6 is 0 Å². The van der Waals surface area contributed by atoms with Crippen LogP contribution in [-0.4, -0.2) is 65.1 Å². The number of carbonyl (C=O) groups is 1. The highest BCUT2D eigenvalue weighted by molar-refractivity contribution is 5.85. The minimum atomic E-state index is -0.680. The summed E-state index contributed by atoms with van der Waals surface area (Å²) in [6.07, 6.45) is 5.85. The van der Waals surface area contributed by atoms with Gasteiger partial charge in [-0.05, 0) is 67.7 Å². The molecular formula is C32H40FN3O4. The Balaban J connectivity index is 1.13. The molecule has 4 aliphatic rings. The molecule has 40 heavy (non-hydrogen) atoms. The Hall–Kier alpha value is -3.13. The molecule has 0 radical (unpaired) electrons. The fourth-order valence-electron chi connectivity index (χ4n) is 6.67. The maximum atomic E-state index is 14.9.